The normalized spacial score (nSPS) is 10.4. The molecule has 0 bridgehead atoms. The number of hydrogen-bond acceptors (Lipinski definition) is 3. The first kappa shape index (κ1) is 13.3. The van der Waals surface area contributed by atoms with Crippen molar-refractivity contribution in [1.82, 2.24) is 4.98 Å². The van der Waals surface area contributed by atoms with Crippen molar-refractivity contribution in [2.45, 2.75) is 13.5 Å². The molecule has 94 valence electrons. The minimum Gasteiger partial charge on any atom is -0.439 e. The van der Waals surface area contributed by atoms with Crippen LogP contribution in [0, 0.1) is 6.92 Å². The standard InChI is InChI=1S/C13H12BrClN2O/c1-8-4-10(2-3-11(8)14)18-13-5-9(6-16)12(15)7-17-13/h2-5,7H,6,16H2,1H3. The summed E-state index contributed by atoms with van der Waals surface area (Å²) in [6, 6.07) is 7.49. The number of halogens is 2. The van der Waals surface area contributed by atoms with Crippen LogP contribution in [0.15, 0.2) is 34.9 Å². The van der Waals surface area contributed by atoms with Crippen LogP contribution in [0.1, 0.15) is 11.1 Å². The molecule has 0 spiro atoms. The molecule has 0 aliphatic rings. The summed E-state index contributed by atoms with van der Waals surface area (Å²) in [7, 11) is 0. The van der Waals surface area contributed by atoms with Crippen molar-refractivity contribution in [2.75, 3.05) is 0 Å². The van der Waals surface area contributed by atoms with Crippen LogP contribution in [0.3, 0.4) is 0 Å². The third-order valence-electron chi connectivity index (χ3n) is 2.48. The quantitative estimate of drug-likeness (QED) is 0.925. The van der Waals surface area contributed by atoms with Crippen LogP contribution < -0.4 is 10.5 Å². The molecule has 2 N–H and O–H groups in total. The van der Waals surface area contributed by atoms with E-state index in [0.717, 1.165) is 21.3 Å². The molecule has 0 fully saturated rings. The number of aromatic nitrogens is 1. The highest BCUT2D eigenvalue weighted by atomic mass is 79.9. The maximum Gasteiger partial charge on any atom is 0.219 e. The lowest BCUT2D eigenvalue weighted by atomic mass is 10.2. The molecule has 1 aromatic heterocycles. The Morgan fingerprint density at radius 1 is 1.39 bits per heavy atom. The molecule has 0 saturated heterocycles. The van der Waals surface area contributed by atoms with Crippen molar-refractivity contribution in [2.24, 2.45) is 5.73 Å². The summed E-state index contributed by atoms with van der Waals surface area (Å²) in [6.45, 7) is 2.36. The van der Waals surface area contributed by atoms with Crippen molar-refractivity contribution in [3.8, 4) is 11.6 Å². The zero-order valence-electron chi connectivity index (χ0n) is 9.78. The molecular weight excluding hydrogens is 316 g/mol. The number of hydrogen-bond donors (Lipinski definition) is 1. The summed E-state index contributed by atoms with van der Waals surface area (Å²) in [4.78, 5) is 4.11. The van der Waals surface area contributed by atoms with Gasteiger partial charge < -0.3 is 10.5 Å². The van der Waals surface area contributed by atoms with Crippen molar-refractivity contribution in [3.63, 3.8) is 0 Å². The molecule has 18 heavy (non-hydrogen) atoms. The number of nitrogens with two attached hydrogens (primary N) is 1. The number of aryl methyl sites for hydroxylation is 1. The smallest absolute Gasteiger partial charge is 0.219 e. The second-order valence-corrected chi connectivity index (χ2v) is 5.09. The predicted octanol–water partition coefficient (Wildman–Crippen LogP) is 4.06. The van der Waals surface area contributed by atoms with E-state index in [2.05, 4.69) is 20.9 Å². The number of benzene rings is 1. The summed E-state index contributed by atoms with van der Waals surface area (Å²) >= 11 is 9.38. The zero-order valence-corrected chi connectivity index (χ0v) is 12.1. The van der Waals surface area contributed by atoms with E-state index in [0.29, 0.717) is 17.4 Å². The molecule has 0 aliphatic carbocycles. The topological polar surface area (TPSA) is 48.1 Å². The van der Waals surface area contributed by atoms with Gasteiger partial charge in [0.15, 0.2) is 0 Å². The average Bonchev–Trinajstić information content (AvgIpc) is 2.36. The van der Waals surface area contributed by atoms with E-state index in [1.807, 2.05) is 25.1 Å². The number of pyridine rings is 1. The molecule has 0 saturated carbocycles. The fourth-order valence-corrected chi connectivity index (χ4v) is 1.90. The van der Waals surface area contributed by atoms with Crippen LogP contribution >= 0.6 is 27.5 Å². The van der Waals surface area contributed by atoms with Crippen LogP contribution in [-0.4, -0.2) is 4.98 Å². The Morgan fingerprint density at radius 2 is 2.17 bits per heavy atom. The van der Waals surface area contributed by atoms with Gasteiger partial charge in [0.2, 0.25) is 5.88 Å². The van der Waals surface area contributed by atoms with E-state index in [-0.39, 0.29) is 0 Å². The number of rotatable bonds is 3. The molecule has 0 atom stereocenters. The summed E-state index contributed by atoms with van der Waals surface area (Å²) in [5.41, 5.74) is 7.50. The van der Waals surface area contributed by atoms with Gasteiger partial charge in [-0.3, -0.25) is 0 Å². The fourth-order valence-electron chi connectivity index (χ4n) is 1.47. The largest absolute Gasteiger partial charge is 0.439 e. The molecule has 2 rings (SSSR count). The van der Waals surface area contributed by atoms with Crippen LogP contribution in [0.4, 0.5) is 0 Å². The maximum atomic E-state index is 5.94. The monoisotopic (exact) mass is 326 g/mol. The minimum absolute atomic E-state index is 0.358. The van der Waals surface area contributed by atoms with E-state index in [1.54, 1.807) is 12.3 Å². The Balaban J connectivity index is 2.25. The highest BCUT2D eigenvalue weighted by molar-refractivity contribution is 9.10. The van der Waals surface area contributed by atoms with Gasteiger partial charge >= 0.3 is 0 Å². The number of ether oxygens (including phenoxy) is 1. The lowest BCUT2D eigenvalue weighted by Crippen LogP contribution is -1.99. The summed E-state index contributed by atoms with van der Waals surface area (Å²) < 4.78 is 6.71. The minimum atomic E-state index is 0.358. The van der Waals surface area contributed by atoms with Crippen molar-refractivity contribution >= 4 is 27.5 Å². The molecular formula is C13H12BrClN2O. The summed E-state index contributed by atoms with van der Waals surface area (Å²) in [5.74, 6) is 1.22. The molecule has 0 unspecified atom stereocenters. The molecule has 0 aliphatic heterocycles. The summed E-state index contributed by atoms with van der Waals surface area (Å²) in [6.07, 6.45) is 1.55. The average molecular weight is 328 g/mol. The van der Waals surface area contributed by atoms with Crippen LogP contribution in [0.25, 0.3) is 0 Å². The van der Waals surface area contributed by atoms with Gasteiger partial charge in [-0.2, -0.15) is 0 Å². The summed E-state index contributed by atoms with van der Waals surface area (Å²) in [5, 5.41) is 0.553. The maximum absolute atomic E-state index is 5.94. The first-order valence-corrected chi connectivity index (χ1v) is 6.55. The Bertz CT molecular complexity index is 575. The predicted molar refractivity (Wildman–Crippen MR) is 76.1 cm³/mol. The van der Waals surface area contributed by atoms with Crippen LogP contribution in [-0.2, 0) is 6.54 Å². The van der Waals surface area contributed by atoms with Gasteiger partial charge in [0, 0.05) is 23.3 Å². The second-order valence-electron chi connectivity index (χ2n) is 3.83. The van der Waals surface area contributed by atoms with Gasteiger partial charge in [0.1, 0.15) is 5.75 Å². The Morgan fingerprint density at radius 3 is 2.83 bits per heavy atom. The molecule has 5 heteroatoms. The molecule has 3 nitrogen and oxygen atoms in total. The van der Waals surface area contributed by atoms with Gasteiger partial charge in [-0.25, -0.2) is 4.98 Å². The van der Waals surface area contributed by atoms with Gasteiger partial charge in [-0.15, -0.1) is 0 Å². The van der Waals surface area contributed by atoms with Crippen molar-refractivity contribution in [1.29, 1.82) is 0 Å². The lowest BCUT2D eigenvalue weighted by Gasteiger charge is -2.08. The third kappa shape index (κ3) is 3.02. The third-order valence-corrected chi connectivity index (χ3v) is 3.71. The molecule has 2 aromatic rings. The van der Waals surface area contributed by atoms with Gasteiger partial charge in [0.25, 0.3) is 0 Å². The van der Waals surface area contributed by atoms with E-state index < -0.39 is 0 Å². The van der Waals surface area contributed by atoms with E-state index in [4.69, 9.17) is 22.1 Å². The molecule has 0 radical (unpaired) electrons. The highest BCUT2D eigenvalue weighted by Crippen LogP contribution is 2.26. The second kappa shape index (κ2) is 5.69. The van der Waals surface area contributed by atoms with Crippen molar-refractivity contribution in [3.05, 3.63) is 51.1 Å². The van der Waals surface area contributed by atoms with Gasteiger partial charge in [-0.05, 0) is 36.2 Å². The van der Waals surface area contributed by atoms with Gasteiger partial charge in [-0.1, -0.05) is 27.5 Å². The highest BCUT2D eigenvalue weighted by Gasteiger charge is 2.05. The van der Waals surface area contributed by atoms with E-state index in [9.17, 15) is 0 Å². The molecule has 1 heterocycles. The first-order valence-electron chi connectivity index (χ1n) is 5.38. The van der Waals surface area contributed by atoms with Crippen molar-refractivity contribution < 1.29 is 4.74 Å². The fraction of sp³-hybridized carbons (Fsp3) is 0.154. The first-order chi connectivity index (χ1) is 8.60. The van der Waals surface area contributed by atoms with E-state index >= 15 is 0 Å². The van der Waals surface area contributed by atoms with Crippen LogP contribution in [0.2, 0.25) is 5.02 Å². The number of nitrogens with zero attached hydrogens (tertiary/aromatic N) is 1. The van der Waals surface area contributed by atoms with E-state index in [1.165, 1.54) is 0 Å². The molecule has 0 amide bonds. The van der Waals surface area contributed by atoms with Crippen LogP contribution in [0.5, 0.6) is 11.6 Å². The Labute approximate surface area is 119 Å². The molecule has 1 aromatic carbocycles. The lowest BCUT2D eigenvalue weighted by molar-refractivity contribution is 0.461. The Kier molecular flexibility index (Phi) is 4.22. The Hall–Kier alpha value is -1.10. The van der Waals surface area contributed by atoms with Gasteiger partial charge in [0.05, 0.1) is 5.02 Å². The SMILES string of the molecule is Cc1cc(Oc2cc(CN)c(Cl)cn2)ccc1Br. The zero-order chi connectivity index (χ0) is 13.1.